The highest BCUT2D eigenvalue weighted by molar-refractivity contribution is 7.89. The molecule has 0 aromatic rings. The molecule has 0 heterocycles. The smallest absolute Gasteiger partial charge is 0.211 e. The third kappa shape index (κ3) is 14.3. The molecule has 0 radical (unpaired) electrons. The number of hydrogen-bond donors (Lipinski definition) is 1. The lowest BCUT2D eigenvalue weighted by Gasteiger charge is -2.18. The highest BCUT2D eigenvalue weighted by Crippen LogP contribution is 2.22. The van der Waals surface area contributed by atoms with Crippen molar-refractivity contribution < 1.29 is 8.42 Å². The summed E-state index contributed by atoms with van der Waals surface area (Å²) in [5, 5.41) is 0. The first-order valence-corrected chi connectivity index (χ1v) is 9.54. The molecule has 0 aliphatic carbocycles. The topological polar surface area (TPSA) is 46.2 Å². The molecule has 0 fully saturated rings. The summed E-state index contributed by atoms with van der Waals surface area (Å²) in [5.41, 5.74) is 0.482. The van der Waals surface area contributed by atoms with Gasteiger partial charge in [-0.2, -0.15) is 0 Å². The maximum Gasteiger partial charge on any atom is 0.211 e. The van der Waals surface area contributed by atoms with Crippen molar-refractivity contribution in [3.05, 3.63) is 0 Å². The second-order valence-electron chi connectivity index (χ2n) is 8.25. The summed E-state index contributed by atoms with van der Waals surface area (Å²) in [5.74, 6) is 0.237. The summed E-state index contributed by atoms with van der Waals surface area (Å²) in [4.78, 5) is 0. The van der Waals surface area contributed by atoms with Crippen molar-refractivity contribution in [2.24, 2.45) is 10.8 Å². The Morgan fingerprint density at radius 1 is 0.750 bits per heavy atom. The molecule has 0 aromatic heterocycles. The van der Waals surface area contributed by atoms with Crippen LogP contribution in [0.1, 0.15) is 80.1 Å². The first-order valence-electron chi connectivity index (χ1n) is 7.89. The average molecular weight is 306 g/mol. The van der Waals surface area contributed by atoms with Crippen LogP contribution < -0.4 is 4.72 Å². The van der Waals surface area contributed by atoms with Gasteiger partial charge in [0.15, 0.2) is 0 Å². The van der Waals surface area contributed by atoms with Crippen LogP contribution in [-0.2, 0) is 10.0 Å². The van der Waals surface area contributed by atoms with Crippen LogP contribution in [0.5, 0.6) is 0 Å². The zero-order chi connectivity index (χ0) is 15.9. The van der Waals surface area contributed by atoms with Gasteiger partial charge in [-0.1, -0.05) is 60.8 Å². The summed E-state index contributed by atoms with van der Waals surface area (Å²) in [6.45, 7) is 13.6. The summed E-state index contributed by atoms with van der Waals surface area (Å²) >= 11 is 0. The number of unbranched alkanes of at least 4 members (excludes halogenated alkanes) is 3. The van der Waals surface area contributed by atoms with Gasteiger partial charge in [-0.3, -0.25) is 0 Å². The van der Waals surface area contributed by atoms with Crippen molar-refractivity contribution >= 4 is 10.0 Å². The molecule has 0 aliphatic rings. The second-order valence-corrected chi connectivity index (χ2v) is 10.2. The Balaban J connectivity index is 3.64. The van der Waals surface area contributed by atoms with Gasteiger partial charge in [-0.05, 0) is 30.1 Å². The molecule has 1 N–H and O–H groups in total. The maximum atomic E-state index is 11.8. The Kier molecular flexibility index (Phi) is 8.34. The molecule has 0 atom stereocenters. The van der Waals surface area contributed by atoms with Crippen molar-refractivity contribution in [1.82, 2.24) is 4.72 Å². The van der Waals surface area contributed by atoms with Gasteiger partial charge in [0.2, 0.25) is 10.0 Å². The molecule has 0 saturated heterocycles. The molecule has 4 heteroatoms. The van der Waals surface area contributed by atoms with Gasteiger partial charge >= 0.3 is 0 Å². The van der Waals surface area contributed by atoms with E-state index in [-0.39, 0.29) is 11.2 Å². The Labute approximate surface area is 127 Å². The van der Waals surface area contributed by atoms with E-state index in [2.05, 4.69) is 46.3 Å². The fraction of sp³-hybridized carbons (Fsp3) is 1.00. The number of rotatable bonds is 9. The van der Waals surface area contributed by atoms with Crippen LogP contribution in [0.25, 0.3) is 0 Å². The zero-order valence-electron chi connectivity index (χ0n) is 14.4. The highest BCUT2D eigenvalue weighted by Gasteiger charge is 2.16. The first-order chi connectivity index (χ1) is 8.91. The third-order valence-electron chi connectivity index (χ3n) is 3.30. The molecule has 0 bridgehead atoms. The molecule has 0 unspecified atom stereocenters. The molecular weight excluding hydrogens is 270 g/mol. The molecule has 122 valence electrons. The Morgan fingerprint density at radius 3 is 1.75 bits per heavy atom. The van der Waals surface area contributed by atoms with Gasteiger partial charge in [0.05, 0.1) is 5.75 Å². The van der Waals surface area contributed by atoms with Crippen molar-refractivity contribution in [2.45, 2.75) is 80.1 Å². The number of nitrogens with one attached hydrogen (secondary N) is 1. The van der Waals surface area contributed by atoms with Crippen LogP contribution in [0.15, 0.2) is 0 Å². The highest BCUT2D eigenvalue weighted by atomic mass is 32.2. The van der Waals surface area contributed by atoms with E-state index >= 15 is 0 Å². The van der Waals surface area contributed by atoms with Gasteiger partial charge in [-0.25, -0.2) is 13.1 Å². The maximum absolute atomic E-state index is 11.8. The van der Waals surface area contributed by atoms with E-state index in [0.29, 0.717) is 18.4 Å². The van der Waals surface area contributed by atoms with Crippen LogP contribution in [0.4, 0.5) is 0 Å². The predicted octanol–water partition coefficient (Wildman–Crippen LogP) is 4.34. The normalized spacial score (nSPS) is 13.7. The third-order valence-corrected chi connectivity index (χ3v) is 4.68. The van der Waals surface area contributed by atoms with Crippen LogP contribution in [0, 0.1) is 10.8 Å². The summed E-state index contributed by atoms with van der Waals surface area (Å²) in [7, 11) is -3.08. The van der Waals surface area contributed by atoms with E-state index in [0.717, 1.165) is 12.8 Å². The second kappa shape index (κ2) is 8.38. The average Bonchev–Trinajstić information content (AvgIpc) is 2.23. The number of hydrogen-bond acceptors (Lipinski definition) is 2. The first kappa shape index (κ1) is 19.9. The predicted molar refractivity (Wildman–Crippen MR) is 88.4 cm³/mol. The molecule has 0 amide bonds. The Hall–Kier alpha value is -0.0900. The zero-order valence-corrected chi connectivity index (χ0v) is 15.2. The van der Waals surface area contributed by atoms with Gasteiger partial charge in [0.1, 0.15) is 0 Å². The van der Waals surface area contributed by atoms with Gasteiger partial charge in [0.25, 0.3) is 0 Å². The van der Waals surface area contributed by atoms with E-state index in [1.165, 1.54) is 19.3 Å². The quantitative estimate of drug-likeness (QED) is 0.644. The fourth-order valence-corrected chi connectivity index (χ4v) is 3.36. The lowest BCUT2D eigenvalue weighted by atomic mass is 9.89. The van der Waals surface area contributed by atoms with Gasteiger partial charge < -0.3 is 0 Å². The van der Waals surface area contributed by atoms with Crippen molar-refractivity contribution in [1.29, 1.82) is 0 Å². The Bertz CT molecular complexity index is 348. The summed E-state index contributed by atoms with van der Waals surface area (Å²) < 4.78 is 26.3. The molecule has 0 spiro atoms. The molecule has 0 rings (SSSR count). The molecule has 20 heavy (non-hydrogen) atoms. The number of sulfonamides is 1. The monoisotopic (exact) mass is 305 g/mol. The SMILES string of the molecule is CC(C)(C)CCCCCCNS(=O)(=O)CCC(C)(C)C. The van der Waals surface area contributed by atoms with Gasteiger partial charge in [0, 0.05) is 6.54 Å². The minimum Gasteiger partial charge on any atom is -0.215 e. The Morgan fingerprint density at radius 2 is 1.25 bits per heavy atom. The van der Waals surface area contributed by atoms with E-state index in [9.17, 15) is 8.42 Å². The molecule has 3 nitrogen and oxygen atoms in total. The largest absolute Gasteiger partial charge is 0.215 e. The van der Waals surface area contributed by atoms with Crippen LogP contribution >= 0.6 is 0 Å². The molecule has 0 saturated carbocycles. The van der Waals surface area contributed by atoms with E-state index in [4.69, 9.17) is 0 Å². The minimum atomic E-state index is -3.08. The fourth-order valence-electron chi connectivity index (χ4n) is 1.87. The van der Waals surface area contributed by atoms with Gasteiger partial charge in [-0.15, -0.1) is 0 Å². The van der Waals surface area contributed by atoms with E-state index in [1.807, 2.05) is 0 Å². The minimum absolute atomic E-state index is 0.0711. The summed E-state index contributed by atoms with van der Waals surface area (Å²) in [6, 6.07) is 0. The molecular formula is C16H35NO2S. The lowest BCUT2D eigenvalue weighted by molar-refractivity contribution is 0.357. The molecule has 0 aromatic carbocycles. The van der Waals surface area contributed by atoms with Crippen molar-refractivity contribution in [3.8, 4) is 0 Å². The van der Waals surface area contributed by atoms with Crippen LogP contribution in [-0.4, -0.2) is 20.7 Å². The van der Waals surface area contributed by atoms with Crippen LogP contribution in [0.2, 0.25) is 0 Å². The standard InChI is InChI=1S/C16H35NO2S/c1-15(2,3)11-9-7-8-10-13-17-20(18,19)14-12-16(4,5)6/h17H,7-14H2,1-6H3. The lowest BCUT2D eigenvalue weighted by Crippen LogP contribution is -2.29. The van der Waals surface area contributed by atoms with Crippen molar-refractivity contribution in [2.75, 3.05) is 12.3 Å². The van der Waals surface area contributed by atoms with Crippen molar-refractivity contribution in [3.63, 3.8) is 0 Å². The van der Waals surface area contributed by atoms with E-state index in [1.54, 1.807) is 0 Å². The van der Waals surface area contributed by atoms with E-state index < -0.39 is 10.0 Å². The summed E-state index contributed by atoms with van der Waals surface area (Å²) in [6.07, 6.45) is 6.43. The molecule has 0 aliphatic heterocycles. The van der Waals surface area contributed by atoms with Crippen LogP contribution in [0.3, 0.4) is 0 Å².